The Bertz CT molecular complexity index is 1650. The minimum Gasteiger partial charge on any atom is -1.00 e. The van der Waals surface area contributed by atoms with Crippen molar-refractivity contribution < 1.29 is 66.9 Å². The molecule has 0 bridgehead atoms. The molecule has 3 aromatic rings. The van der Waals surface area contributed by atoms with Crippen molar-refractivity contribution in [3.63, 3.8) is 0 Å². The minimum absolute atomic E-state index is 0. The number of hydrogen-bond donors (Lipinski definition) is 6. The molecule has 15 nitrogen and oxygen atoms in total. The minimum atomic E-state index is -1.75. The van der Waals surface area contributed by atoms with E-state index in [0.29, 0.717) is 5.56 Å². The second-order valence-corrected chi connectivity index (χ2v) is 10.5. The van der Waals surface area contributed by atoms with Crippen LogP contribution < -0.4 is 4.74 Å². The Balaban J connectivity index is 0.00000267. The van der Waals surface area contributed by atoms with Crippen molar-refractivity contribution in [1.29, 1.82) is 0 Å². The van der Waals surface area contributed by atoms with Crippen molar-refractivity contribution in [1.82, 2.24) is 9.80 Å². The molecule has 46 heavy (non-hydrogen) atoms. The van der Waals surface area contributed by atoms with Crippen LogP contribution in [0.3, 0.4) is 0 Å². The van der Waals surface area contributed by atoms with Gasteiger partial charge >= 0.3 is 67.6 Å². The van der Waals surface area contributed by atoms with Gasteiger partial charge in [0.1, 0.15) is 23.0 Å². The molecule has 0 saturated heterocycles. The normalized spacial score (nSPS) is 13.7. The number of carbonyl (C=O) groups is 5. The summed E-state index contributed by atoms with van der Waals surface area (Å²) < 4.78 is 12.1. The molecular weight excluding hydrogens is 636 g/mol. The predicted octanol–water partition coefficient (Wildman–Crippen LogP) is 1.45. The van der Waals surface area contributed by atoms with Gasteiger partial charge in [0.05, 0.1) is 31.7 Å². The molecule has 2 heterocycles. The molecule has 5 rings (SSSR count). The summed E-state index contributed by atoms with van der Waals surface area (Å²) in [5.74, 6) is -6.62. The number of fused-ring (bicyclic) bond motifs is 6. The largest absolute Gasteiger partial charge is 2.00 e. The molecule has 0 radical (unpaired) electrons. The van der Waals surface area contributed by atoms with Crippen molar-refractivity contribution in [2.75, 3.05) is 26.2 Å². The van der Waals surface area contributed by atoms with Crippen LogP contribution in [0.5, 0.6) is 23.0 Å². The Morgan fingerprint density at radius 2 is 1.09 bits per heavy atom. The van der Waals surface area contributed by atoms with Gasteiger partial charge in [0, 0.05) is 53.0 Å². The Morgan fingerprint density at radius 1 is 0.674 bits per heavy atom. The fourth-order valence-electron chi connectivity index (χ4n) is 5.66. The molecule has 2 aliphatic heterocycles. The molecule has 6 N–H and O–H groups in total. The molecule has 0 saturated carbocycles. The Hall–Kier alpha value is -4.41. The number of phenols is 2. The number of nitrogens with zero attached hydrogens (tertiary/aromatic N) is 2. The van der Waals surface area contributed by atoms with Gasteiger partial charge in [0.25, 0.3) is 0 Å². The second kappa shape index (κ2) is 13.5. The van der Waals surface area contributed by atoms with Gasteiger partial charge in [0.2, 0.25) is 0 Å². The SMILES string of the molecule is O=C(O)CN(CC(=O)O)Cc1cc2c(cc1O)Oc1cc(O)c(CN(CC(=O)O)CC(=O)O)cc1C21OC(=O)c2ccccc21.[Ca+2].[H-].[H-]. The van der Waals surface area contributed by atoms with Crippen LogP contribution in [0.2, 0.25) is 0 Å². The first-order valence-corrected chi connectivity index (χ1v) is 13.3. The maximum atomic E-state index is 13.3. The third kappa shape index (κ3) is 6.73. The molecule has 0 aliphatic carbocycles. The number of phenolic OH excluding ortho intramolecular Hbond substituents is 2. The van der Waals surface area contributed by atoms with Gasteiger partial charge in [-0.15, -0.1) is 0 Å². The van der Waals surface area contributed by atoms with Gasteiger partial charge in [0.15, 0.2) is 5.60 Å². The van der Waals surface area contributed by atoms with Gasteiger partial charge in [-0.3, -0.25) is 29.0 Å². The summed E-state index contributed by atoms with van der Waals surface area (Å²) >= 11 is 0. The third-order valence-electron chi connectivity index (χ3n) is 7.34. The van der Waals surface area contributed by atoms with E-state index in [1.807, 2.05) is 0 Å². The van der Waals surface area contributed by atoms with Crippen molar-refractivity contribution in [2.45, 2.75) is 18.7 Å². The van der Waals surface area contributed by atoms with E-state index in [9.17, 15) is 54.6 Å². The van der Waals surface area contributed by atoms with Crippen LogP contribution in [-0.4, -0.2) is 134 Å². The molecule has 3 aromatic carbocycles. The summed E-state index contributed by atoms with van der Waals surface area (Å²) in [6, 6.07) is 11.7. The number of aliphatic carboxylic acids is 4. The van der Waals surface area contributed by atoms with Crippen LogP contribution in [-0.2, 0) is 42.6 Å². The molecule has 1 spiro atoms. The zero-order valence-electron chi connectivity index (χ0n) is 26.0. The number of carboxylic acids is 4. The van der Waals surface area contributed by atoms with Crippen molar-refractivity contribution in [3.05, 3.63) is 81.9 Å². The average Bonchev–Trinajstić information content (AvgIpc) is 3.22. The topological polar surface area (TPSA) is 232 Å². The monoisotopic (exact) mass is 664 g/mol. The fraction of sp³-hybridized carbons (Fsp3) is 0.233. The first-order valence-electron chi connectivity index (χ1n) is 13.3. The molecule has 2 aliphatic rings. The number of ether oxygens (including phenoxy) is 2. The Morgan fingerprint density at radius 3 is 1.50 bits per heavy atom. The first kappa shape index (κ1) is 34.5. The van der Waals surface area contributed by atoms with Crippen LogP contribution >= 0.6 is 0 Å². The van der Waals surface area contributed by atoms with Gasteiger partial charge in [-0.1, -0.05) is 18.2 Å². The molecule has 0 unspecified atom stereocenters. The number of rotatable bonds is 12. The zero-order valence-corrected chi connectivity index (χ0v) is 26.2. The Kier molecular flexibility index (Phi) is 10.1. The maximum absolute atomic E-state index is 13.3. The molecule has 0 amide bonds. The molecule has 238 valence electrons. The number of esters is 1. The van der Waals surface area contributed by atoms with Crippen LogP contribution in [0.4, 0.5) is 0 Å². The predicted molar refractivity (Wildman–Crippen MR) is 157 cm³/mol. The van der Waals surface area contributed by atoms with Crippen LogP contribution in [0.25, 0.3) is 0 Å². The third-order valence-corrected chi connectivity index (χ3v) is 7.34. The van der Waals surface area contributed by atoms with E-state index in [1.165, 1.54) is 30.3 Å². The van der Waals surface area contributed by atoms with Crippen LogP contribution in [0, 0.1) is 0 Å². The molecule has 16 heteroatoms. The zero-order chi connectivity index (χ0) is 32.6. The van der Waals surface area contributed by atoms with Crippen LogP contribution in [0.1, 0.15) is 41.0 Å². The quantitative estimate of drug-likeness (QED) is 0.119. The standard InChI is InChI=1S/C30H26N2O13.Ca.2H/c33-21-7-23-19(5-15(21)9-31(11-25(35)36)12-26(37)38)30(18-4-2-1-3-17(18)29(43)45-30)20-6-16(22(34)8-24(20)44-23)10-32(13-27(39)40)14-28(41)42;;;/h1-8,33-34H,9-14H2,(H,35,36)(H,37,38)(H,39,40)(H,41,42);;;/q;+2;2*-1. The first-order chi connectivity index (χ1) is 21.3. The molecule has 0 atom stereocenters. The second-order valence-electron chi connectivity index (χ2n) is 10.5. The smallest absolute Gasteiger partial charge is 1.00 e. The molecular formula is C30H28CaN2O13. The number of benzene rings is 3. The van der Waals surface area contributed by atoms with E-state index in [0.717, 1.165) is 9.80 Å². The van der Waals surface area contributed by atoms with E-state index in [-0.39, 0.29) is 104 Å². The van der Waals surface area contributed by atoms with Gasteiger partial charge < -0.3 is 43.0 Å². The fourth-order valence-corrected chi connectivity index (χ4v) is 5.66. The van der Waals surface area contributed by atoms with E-state index >= 15 is 0 Å². The van der Waals surface area contributed by atoms with Crippen molar-refractivity contribution in [2.24, 2.45) is 0 Å². The van der Waals surface area contributed by atoms with E-state index in [1.54, 1.807) is 18.2 Å². The molecule has 0 fully saturated rings. The summed E-state index contributed by atoms with van der Waals surface area (Å²) in [5.41, 5.74) is -0.636. The number of carbonyl (C=O) groups excluding carboxylic acids is 1. The van der Waals surface area contributed by atoms with Crippen molar-refractivity contribution >= 4 is 67.6 Å². The summed E-state index contributed by atoms with van der Waals surface area (Å²) in [6.07, 6.45) is 0. The van der Waals surface area contributed by atoms with E-state index in [4.69, 9.17) is 9.47 Å². The van der Waals surface area contributed by atoms with Gasteiger partial charge in [-0.2, -0.15) is 0 Å². The summed E-state index contributed by atoms with van der Waals surface area (Å²) in [4.78, 5) is 61.0. The summed E-state index contributed by atoms with van der Waals surface area (Å²) in [6.45, 7) is -3.27. The van der Waals surface area contributed by atoms with E-state index in [2.05, 4.69) is 0 Å². The summed E-state index contributed by atoms with van der Waals surface area (Å²) in [5, 5.41) is 59.0. The molecule has 0 aromatic heterocycles. The Labute approximate surface area is 292 Å². The van der Waals surface area contributed by atoms with Gasteiger partial charge in [-0.25, -0.2) is 4.79 Å². The van der Waals surface area contributed by atoms with Crippen LogP contribution in [0.15, 0.2) is 48.5 Å². The van der Waals surface area contributed by atoms with E-state index < -0.39 is 61.6 Å². The maximum Gasteiger partial charge on any atom is 2.00 e. The average molecular weight is 665 g/mol. The number of carboxylic acid groups (broad SMARTS) is 4. The number of aromatic hydroxyl groups is 2. The van der Waals surface area contributed by atoms with Crippen molar-refractivity contribution in [3.8, 4) is 23.0 Å². The van der Waals surface area contributed by atoms with Gasteiger partial charge in [-0.05, 0) is 18.2 Å². The number of hydrogen-bond acceptors (Lipinski definition) is 11. The summed E-state index contributed by atoms with van der Waals surface area (Å²) in [7, 11) is 0.